The van der Waals surface area contributed by atoms with E-state index in [1.807, 2.05) is 0 Å². The maximum absolute atomic E-state index is 9.25. The van der Waals surface area contributed by atoms with Crippen LogP contribution in [-0.4, -0.2) is 11.7 Å². The van der Waals surface area contributed by atoms with Gasteiger partial charge in [0.15, 0.2) is 0 Å². The fourth-order valence-corrected chi connectivity index (χ4v) is 1.87. The molecule has 64 valence electrons. The standard InChI is InChI=1S/C8H8BrNO2/c9-6-2-4(11)1-5-7(10)3-12-8(5)6/h1-2,7,11H,3,10H2/t7-/m1/s1. The highest BCUT2D eigenvalue weighted by molar-refractivity contribution is 9.10. The van der Waals surface area contributed by atoms with Gasteiger partial charge in [0, 0.05) is 5.56 Å². The van der Waals surface area contributed by atoms with Crippen LogP contribution >= 0.6 is 15.9 Å². The average Bonchev–Trinajstić information content (AvgIpc) is 2.33. The molecule has 2 rings (SSSR count). The van der Waals surface area contributed by atoms with Gasteiger partial charge in [-0.3, -0.25) is 0 Å². The lowest BCUT2D eigenvalue weighted by atomic mass is 10.1. The van der Waals surface area contributed by atoms with Crippen molar-refractivity contribution in [2.24, 2.45) is 5.73 Å². The molecule has 3 N–H and O–H groups in total. The Bertz CT molecular complexity index is 327. The van der Waals surface area contributed by atoms with Gasteiger partial charge in [0.1, 0.15) is 18.1 Å². The van der Waals surface area contributed by atoms with Crippen LogP contribution in [-0.2, 0) is 0 Å². The van der Waals surface area contributed by atoms with E-state index in [0.717, 1.165) is 15.8 Å². The van der Waals surface area contributed by atoms with E-state index in [2.05, 4.69) is 15.9 Å². The second-order valence-corrected chi connectivity index (χ2v) is 3.62. The monoisotopic (exact) mass is 229 g/mol. The molecule has 0 amide bonds. The van der Waals surface area contributed by atoms with Crippen molar-refractivity contribution in [3.63, 3.8) is 0 Å². The third-order valence-electron chi connectivity index (χ3n) is 1.86. The fourth-order valence-electron chi connectivity index (χ4n) is 1.29. The topological polar surface area (TPSA) is 55.5 Å². The Hall–Kier alpha value is -0.740. The molecular weight excluding hydrogens is 222 g/mol. The first-order valence-electron chi connectivity index (χ1n) is 3.59. The van der Waals surface area contributed by atoms with E-state index in [0.29, 0.717) is 6.61 Å². The molecular formula is C8H8BrNO2. The zero-order valence-electron chi connectivity index (χ0n) is 6.25. The summed E-state index contributed by atoms with van der Waals surface area (Å²) in [5.74, 6) is 0.960. The average molecular weight is 230 g/mol. The molecule has 0 radical (unpaired) electrons. The number of halogens is 1. The van der Waals surface area contributed by atoms with Gasteiger partial charge in [-0.05, 0) is 28.1 Å². The minimum Gasteiger partial charge on any atom is -0.508 e. The van der Waals surface area contributed by atoms with Gasteiger partial charge in [-0.15, -0.1) is 0 Å². The van der Waals surface area contributed by atoms with Gasteiger partial charge < -0.3 is 15.6 Å². The molecule has 0 unspecified atom stereocenters. The van der Waals surface area contributed by atoms with Gasteiger partial charge in [-0.2, -0.15) is 0 Å². The summed E-state index contributed by atoms with van der Waals surface area (Å²) in [6.07, 6.45) is 0. The molecule has 1 aliphatic heterocycles. The third-order valence-corrected chi connectivity index (χ3v) is 2.45. The van der Waals surface area contributed by atoms with E-state index in [-0.39, 0.29) is 11.8 Å². The van der Waals surface area contributed by atoms with E-state index >= 15 is 0 Å². The van der Waals surface area contributed by atoms with Gasteiger partial charge in [0.05, 0.1) is 10.5 Å². The zero-order valence-corrected chi connectivity index (χ0v) is 7.84. The molecule has 0 spiro atoms. The molecule has 3 nitrogen and oxygen atoms in total. The van der Waals surface area contributed by atoms with Crippen molar-refractivity contribution in [2.45, 2.75) is 6.04 Å². The molecule has 1 aromatic carbocycles. The Labute approximate surface area is 78.3 Å². The van der Waals surface area contributed by atoms with E-state index < -0.39 is 0 Å². The van der Waals surface area contributed by atoms with E-state index in [4.69, 9.17) is 10.5 Å². The Balaban J connectivity index is 2.60. The molecule has 1 atom stereocenters. The second kappa shape index (κ2) is 2.64. The molecule has 0 fully saturated rings. The zero-order chi connectivity index (χ0) is 8.72. The Kier molecular flexibility index (Phi) is 1.73. The van der Waals surface area contributed by atoms with Gasteiger partial charge in [-0.25, -0.2) is 0 Å². The normalized spacial score (nSPS) is 20.3. The lowest BCUT2D eigenvalue weighted by Crippen LogP contribution is -2.10. The molecule has 4 heteroatoms. The largest absolute Gasteiger partial charge is 0.508 e. The summed E-state index contributed by atoms with van der Waals surface area (Å²) < 4.78 is 6.07. The summed E-state index contributed by atoms with van der Waals surface area (Å²) in [6.45, 7) is 0.484. The smallest absolute Gasteiger partial charge is 0.138 e. The number of fused-ring (bicyclic) bond motifs is 1. The Morgan fingerprint density at radius 2 is 2.33 bits per heavy atom. The lowest BCUT2D eigenvalue weighted by molar-refractivity contribution is 0.331. The summed E-state index contributed by atoms with van der Waals surface area (Å²) in [6, 6.07) is 3.11. The van der Waals surface area contributed by atoms with Crippen molar-refractivity contribution in [3.05, 3.63) is 22.2 Å². The van der Waals surface area contributed by atoms with Gasteiger partial charge in [0.2, 0.25) is 0 Å². The first-order chi connectivity index (χ1) is 5.68. The van der Waals surface area contributed by atoms with Crippen molar-refractivity contribution in [2.75, 3.05) is 6.61 Å². The van der Waals surface area contributed by atoms with Crippen molar-refractivity contribution in [3.8, 4) is 11.5 Å². The van der Waals surface area contributed by atoms with Crippen LogP contribution in [0.5, 0.6) is 11.5 Å². The molecule has 0 saturated carbocycles. The molecule has 0 bridgehead atoms. The molecule has 1 heterocycles. The number of rotatable bonds is 0. The van der Waals surface area contributed by atoms with E-state index in [9.17, 15) is 5.11 Å². The molecule has 12 heavy (non-hydrogen) atoms. The number of phenols is 1. The summed E-state index contributed by atoms with van der Waals surface area (Å²) in [4.78, 5) is 0. The molecule has 0 saturated heterocycles. The number of phenolic OH excluding ortho intramolecular Hbond substituents is 1. The van der Waals surface area contributed by atoms with Crippen LogP contribution in [0.25, 0.3) is 0 Å². The Morgan fingerprint density at radius 3 is 3.08 bits per heavy atom. The SMILES string of the molecule is N[C@@H]1COc2c(Br)cc(O)cc21. The Morgan fingerprint density at radius 1 is 1.58 bits per heavy atom. The minimum atomic E-state index is -0.122. The highest BCUT2D eigenvalue weighted by Gasteiger charge is 2.23. The fraction of sp³-hybridized carbons (Fsp3) is 0.250. The quantitative estimate of drug-likeness (QED) is 0.710. The predicted molar refractivity (Wildman–Crippen MR) is 48.2 cm³/mol. The van der Waals surface area contributed by atoms with E-state index in [1.165, 1.54) is 0 Å². The van der Waals surface area contributed by atoms with Crippen LogP contribution in [0.1, 0.15) is 11.6 Å². The number of benzene rings is 1. The molecule has 1 aliphatic rings. The highest BCUT2D eigenvalue weighted by Crippen LogP contribution is 2.40. The van der Waals surface area contributed by atoms with Crippen LogP contribution < -0.4 is 10.5 Å². The number of aromatic hydroxyl groups is 1. The van der Waals surface area contributed by atoms with Gasteiger partial charge >= 0.3 is 0 Å². The van der Waals surface area contributed by atoms with Crippen molar-refractivity contribution in [1.82, 2.24) is 0 Å². The number of hydrogen-bond acceptors (Lipinski definition) is 3. The maximum Gasteiger partial charge on any atom is 0.138 e. The first kappa shape index (κ1) is 7.89. The minimum absolute atomic E-state index is 0.122. The first-order valence-corrected chi connectivity index (χ1v) is 4.38. The highest BCUT2D eigenvalue weighted by atomic mass is 79.9. The lowest BCUT2D eigenvalue weighted by Gasteiger charge is -2.03. The summed E-state index contributed by atoms with van der Waals surface area (Å²) in [5.41, 5.74) is 6.59. The number of nitrogens with two attached hydrogens (primary N) is 1. The second-order valence-electron chi connectivity index (χ2n) is 2.76. The summed E-state index contributed by atoms with van der Waals surface area (Å²) >= 11 is 3.29. The molecule has 1 aromatic rings. The summed E-state index contributed by atoms with van der Waals surface area (Å²) in [7, 11) is 0. The maximum atomic E-state index is 9.25. The van der Waals surface area contributed by atoms with Crippen LogP contribution in [0.3, 0.4) is 0 Å². The number of hydrogen-bond donors (Lipinski definition) is 2. The van der Waals surface area contributed by atoms with Crippen molar-refractivity contribution in [1.29, 1.82) is 0 Å². The van der Waals surface area contributed by atoms with Crippen LogP contribution in [0, 0.1) is 0 Å². The molecule has 0 aromatic heterocycles. The van der Waals surface area contributed by atoms with Gasteiger partial charge in [0.25, 0.3) is 0 Å². The predicted octanol–water partition coefficient (Wildman–Crippen LogP) is 1.55. The van der Waals surface area contributed by atoms with Crippen LogP contribution in [0.15, 0.2) is 16.6 Å². The van der Waals surface area contributed by atoms with Crippen molar-refractivity contribution >= 4 is 15.9 Å². The van der Waals surface area contributed by atoms with Crippen LogP contribution in [0.4, 0.5) is 0 Å². The van der Waals surface area contributed by atoms with E-state index in [1.54, 1.807) is 12.1 Å². The van der Waals surface area contributed by atoms with Gasteiger partial charge in [-0.1, -0.05) is 0 Å². The molecule has 0 aliphatic carbocycles. The summed E-state index contributed by atoms with van der Waals surface area (Å²) in [5, 5.41) is 9.25. The third kappa shape index (κ3) is 1.07. The number of ether oxygens (including phenoxy) is 1. The van der Waals surface area contributed by atoms with Crippen LogP contribution in [0.2, 0.25) is 0 Å². The van der Waals surface area contributed by atoms with Crippen molar-refractivity contribution < 1.29 is 9.84 Å².